The van der Waals surface area contributed by atoms with Crippen molar-refractivity contribution in [3.8, 4) is 0 Å². The Bertz CT molecular complexity index is 302. The van der Waals surface area contributed by atoms with E-state index < -0.39 is 0 Å². The first-order chi connectivity index (χ1) is 7.22. The largest absolute Gasteiger partial charge is 0.373 e. The van der Waals surface area contributed by atoms with Crippen molar-refractivity contribution in [1.29, 1.82) is 0 Å². The van der Waals surface area contributed by atoms with Crippen LogP contribution in [0.15, 0.2) is 0 Å². The maximum Gasteiger partial charge on any atom is 0.240 e. The van der Waals surface area contributed by atoms with Gasteiger partial charge in [-0.1, -0.05) is 0 Å². The molecule has 3 atom stereocenters. The zero-order valence-electron chi connectivity index (χ0n) is 8.44. The quantitative estimate of drug-likeness (QED) is 0.579. The van der Waals surface area contributed by atoms with Gasteiger partial charge in [0.1, 0.15) is 0 Å². The molecular formula is C10H14N2O3. The summed E-state index contributed by atoms with van der Waals surface area (Å²) in [7, 11) is 0. The summed E-state index contributed by atoms with van der Waals surface area (Å²) in [6, 6.07) is 0.277. The van der Waals surface area contributed by atoms with Crippen molar-refractivity contribution in [3.05, 3.63) is 0 Å². The third-order valence-electron chi connectivity index (χ3n) is 3.52. The summed E-state index contributed by atoms with van der Waals surface area (Å²) >= 11 is 0. The predicted octanol–water partition coefficient (Wildman–Crippen LogP) is -0.735. The molecule has 5 heteroatoms. The smallest absolute Gasteiger partial charge is 0.240 e. The Kier molecular flexibility index (Phi) is 2.03. The summed E-state index contributed by atoms with van der Waals surface area (Å²) in [5.74, 6) is -0.372. The predicted molar refractivity (Wildman–Crippen MR) is 51.0 cm³/mol. The molecule has 3 fully saturated rings. The van der Waals surface area contributed by atoms with Crippen LogP contribution in [-0.2, 0) is 14.3 Å². The average molecular weight is 210 g/mol. The molecule has 3 aliphatic heterocycles. The van der Waals surface area contributed by atoms with Crippen LogP contribution in [0.3, 0.4) is 0 Å². The summed E-state index contributed by atoms with van der Waals surface area (Å²) in [6.07, 6.45) is 3.79. The molecule has 0 aliphatic carbocycles. The van der Waals surface area contributed by atoms with Crippen LogP contribution in [0.4, 0.5) is 0 Å². The Morgan fingerprint density at radius 3 is 2.47 bits per heavy atom. The van der Waals surface area contributed by atoms with Crippen LogP contribution in [-0.4, -0.2) is 48.1 Å². The summed E-state index contributed by atoms with van der Waals surface area (Å²) in [5.41, 5.74) is 0. The molecule has 0 aromatic carbocycles. The van der Waals surface area contributed by atoms with Gasteiger partial charge in [-0.25, -0.2) is 0 Å². The molecule has 5 nitrogen and oxygen atoms in total. The van der Waals surface area contributed by atoms with Crippen LogP contribution < -0.4 is 5.32 Å². The van der Waals surface area contributed by atoms with Gasteiger partial charge in [0.05, 0.1) is 25.3 Å². The number of carbonyl (C=O) groups excluding carboxylic acids is 2. The van der Waals surface area contributed by atoms with E-state index >= 15 is 0 Å². The third kappa shape index (κ3) is 1.55. The SMILES string of the molecule is O=C1CN(C2CC3CCC2O3)CC(=O)N1. The second-order valence-corrected chi connectivity index (χ2v) is 4.55. The van der Waals surface area contributed by atoms with Gasteiger partial charge in [-0.2, -0.15) is 0 Å². The second kappa shape index (κ2) is 3.28. The number of rotatable bonds is 1. The van der Waals surface area contributed by atoms with Crippen LogP contribution in [0.2, 0.25) is 0 Å². The fourth-order valence-electron chi connectivity index (χ4n) is 2.89. The van der Waals surface area contributed by atoms with Crippen LogP contribution in [0, 0.1) is 0 Å². The van der Waals surface area contributed by atoms with Gasteiger partial charge in [-0.15, -0.1) is 0 Å². The Hall–Kier alpha value is -0.940. The molecule has 0 radical (unpaired) electrons. The first-order valence-electron chi connectivity index (χ1n) is 5.44. The lowest BCUT2D eigenvalue weighted by Crippen LogP contribution is -2.56. The Morgan fingerprint density at radius 1 is 1.20 bits per heavy atom. The molecule has 82 valence electrons. The van der Waals surface area contributed by atoms with Gasteiger partial charge in [0.2, 0.25) is 11.8 Å². The Morgan fingerprint density at radius 2 is 1.93 bits per heavy atom. The maximum absolute atomic E-state index is 11.2. The molecule has 15 heavy (non-hydrogen) atoms. The van der Waals surface area contributed by atoms with Gasteiger partial charge >= 0.3 is 0 Å². The molecule has 3 unspecified atom stereocenters. The van der Waals surface area contributed by atoms with Crippen LogP contribution in [0.5, 0.6) is 0 Å². The van der Waals surface area contributed by atoms with Crippen LogP contribution >= 0.6 is 0 Å². The fraction of sp³-hybridized carbons (Fsp3) is 0.800. The molecule has 0 aromatic rings. The van der Waals surface area contributed by atoms with Gasteiger partial charge in [0, 0.05) is 6.04 Å². The molecule has 3 saturated heterocycles. The van der Waals surface area contributed by atoms with Crippen molar-refractivity contribution in [2.24, 2.45) is 0 Å². The van der Waals surface area contributed by atoms with E-state index in [2.05, 4.69) is 5.32 Å². The number of carbonyl (C=O) groups is 2. The molecule has 0 saturated carbocycles. The molecule has 0 spiro atoms. The second-order valence-electron chi connectivity index (χ2n) is 4.55. The van der Waals surface area contributed by atoms with Crippen molar-refractivity contribution in [2.45, 2.75) is 37.5 Å². The minimum Gasteiger partial charge on any atom is -0.373 e. The van der Waals surface area contributed by atoms with E-state index in [1.54, 1.807) is 0 Å². The minimum atomic E-state index is -0.186. The molecule has 3 rings (SSSR count). The number of nitrogens with zero attached hydrogens (tertiary/aromatic N) is 1. The number of fused-ring (bicyclic) bond motifs is 2. The molecule has 1 N–H and O–H groups in total. The van der Waals surface area contributed by atoms with Crippen LogP contribution in [0.1, 0.15) is 19.3 Å². The molecule has 3 heterocycles. The maximum atomic E-state index is 11.2. The van der Waals surface area contributed by atoms with Gasteiger partial charge in [-0.05, 0) is 19.3 Å². The molecular weight excluding hydrogens is 196 g/mol. The fourth-order valence-corrected chi connectivity index (χ4v) is 2.89. The molecule has 2 amide bonds. The zero-order valence-corrected chi connectivity index (χ0v) is 8.44. The van der Waals surface area contributed by atoms with Crippen molar-refractivity contribution >= 4 is 11.8 Å². The third-order valence-corrected chi connectivity index (χ3v) is 3.52. The number of hydrogen-bond donors (Lipinski definition) is 1. The first-order valence-corrected chi connectivity index (χ1v) is 5.44. The number of ether oxygens (including phenoxy) is 1. The van der Waals surface area contributed by atoms with E-state index in [0.717, 1.165) is 19.3 Å². The van der Waals surface area contributed by atoms with E-state index in [4.69, 9.17) is 4.74 Å². The average Bonchev–Trinajstić information content (AvgIpc) is 2.76. The number of hydrogen-bond acceptors (Lipinski definition) is 4. The van der Waals surface area contributed by atoms with Gasteiger partial charge < -0.3 is 4.74 Å². The summed E-state index contributed by atoms with van der Waals surface area (Å²) < 4.78 is 5.72. The lowest BCUT2D eigenvalue weighted by molar-refractivity contribution is -0.137. The number of imide groups is 1. The first kappa shape index (κ1) is 9.30. The van der Waals surface area contributed by atoms with E-state index in [1.165, 1.54) is 0 Å². The monoisotopic (exact) mass is 210 g/mol. The van der Waals surface area contributed by atoms with E-state index in [1.807, 2.05) is 4.90 Å². The topological polar surface area (TPSA) is 58.6 Å². The Balaban J connectivity index is 1.71. The lowest BCUT2D eigenvalue weighted by atomic mass is 9.94. The van der Waals surface area contributed by atoms with E-state index in [9.17, 15) is 9.59 Å². The highest BCUT2D eigenvalue weighted by Gasteiger charge is 2.45. The van der Waals surface area contributed by atoms with Crippen molar-refractivity contribution in [3.63, 3.8) is 0 Å². The molecule has 3 aliphatic rings. The van der Waals surface area contributed by atoms with E-state index in [0.29, 0.717) is 19.2 Å². The van der Waals surface area contributed by atoms with E-state index in [-0.39, 0.29) is 24.0 Å². The van der Waals surface area contributed by atoms with Crippen molar-refractivity contribution in [2.75, 3.05) is 13.1 Å². The highest BCUT2D eigenvalue weighted by Crippen LogP contribution is 2.37. The summed E-state index contributed by atoms with van der Waals surface area (Å²) in [4.78, 5) is 24.4. The molecule has 2 bridgehead atoms. The zero-order chi connectivity index (χ0) is 10.4. The van der Waals surface area contributed by atoms with Crippen molar-refractivity contribution in [1.82, 2.24) is 10.2 Å². The Labute approximate surface area is 87.8 Å². The normalized spacial score (nSPS) is 40.9. The highest BCUT2D eigenvalue weighted by atomic mass is 16.5. The standard InChI is InChI=1S/C10H14N2O3/c13-9-4-12(5-10(14)11-9)7-3-6-1-2-8(7)15-6/h6-8H,1-5H2,(H,11,13,14). The van der Waals surface area contributed by atoms with Crippen LogP contribution in [0.25, 0.3) is 0 Å². The highest BCUT2D eigenvalue weighted by molar-refractivity contribution is 5.99. The summed E-state index contributed by atoms with van der Waals surface area (Å²) in [5, 5.41) is 2.32. The van der Waals surface area contributed by atoms with Gasteiger partial charge in [-0.3, -0.25) is 19.8 Å². The van der Waals surface area contributed by atoms with Gasteiger partial charge in [0.25, 0.3) is 0 Å². The van der Waals surface area contributed by atoms with Gasteiger partial charge in [0.15, 0.2) is 0 Å². The molecule has 0 aromatic heterocycles. The number of nitrogens with one attached hydrogen (secondary N) is 1. The van der Waals surface area contributed by atoms with Crippen molar-refractivity contribution < 1.29 is 14.3 Å². The minimum absolute atomic E-state index is 0.186. The lowest BCUT2D eigenvalue weighted by Gasteiger charge is -2.33. The number of piperazine rings is 1. The summed E-state index contributed by atoms with van der Waals surface area (Å²) in [6.45, 7) is 0.673. The number of amides is 2.